The Balaban J connectivity index is 0.000000212. The van der Waals surface area contributed by atoms with Crippen LogP contribution in [-0.2, 0) is 4.79 Å². The molecule has 1 aliphatic rings. The van der Waals surface area contributed by atoms with Crippen LogP contribution in [0.5, 0.6) is 11.5 Å². The molecule has 25 heavy (non-hydrogen) atoms. The molecule has 1 atom stereocenters. The fraction of sp³-hybridized carbons (Fsp3) is 0.167. The lowest BCUT2D eigenvalue weighted by atomic mass is 10.0. The molecule has 2 aromatic carbocycles. The zero-order valence-electron chi connectivity index (χ0n) is 13.7. The van der Waals surface area contributed by atoms with Crippen molar-refractivity contribution in [1.29, 1.82) is 0 Å². The second-order valence-corrected chi connectivity index (χ2v) is 5.57. The van der Waals surface area contributed by atoms with E-state index in [-0.39, 0.29) is 0 Å². The van der Waals surface area contributed by atoms with Gasteiger partial charge in [-0.05, 0) is 37.3 Å². The number of nitrogens with two attached hydrogens (primary N) is 1. The van der Waals surface area contributed by atoms with Crippen LogP contribution < -0.4 is 15.9 Å². The van der Waals surface area contributed by atoms with Crippen molar-refractivity contribution in [2.45, 2.75) is 18.9 Å². The van der Waals surface area contributed by atoms with Gasteiger partial charge in [0.15, 0.2) is 5.54 Å². The number of rotatable bonds is 4. The number of benzene rings is 2. The van der Waals surface area contributed by atoms with E-state index in [0.29, 0.717) is 17.7 Å². The normalized spacial score (nSPS) is 17.8. The van der Waals surface area contributed by atoms with Crippen LogP contribution in [0.15, 0.2) is 59.7 Å². The van der Waals surface area contributed by atoms with E-state index >= 15 is 0 Å². The number of ether oxygens (including phenoxy) is 1. The fourth-order valence-corrected chi connectivity index (χ4v) is 1.93. The molecule has 0 aromatic heterocycles. The molecule has 7 heteroatoms. The van der Waals surface area contributed by atoms with E-state index in [1.165, 1.54) is 0 Å². The first-order valence-corrected chi connectivity index (χ1v) is 7.55. The average Bonchev–Trinajstić information content (AvgIpc) is 3.05. The quantitative estimate of drug-likeness (QED) is 0.790. The van der Waals surface area contributed by atoms with Gasteiger partial charge in [0.25, 0.3) is 0 Å². The van der Waals surface area contributed by atoms with E-state index in [1.807, 2.05) is 30.3 Å². The molecule has 0 aliphatic carbocycles. The monoisotopic (exact) mass is 341 g/mol. The molecule has 0 saturated carbocycles. The number of nitrogens with one attached hydrogen (secondary N) is 1. The van der Waals surface area contributed by atoms with Crippen LogP contribution in [0.25, 0.3) is 0 Å². The topological polar surface area (TPSA) is 114 Å². The summed E-state index contributed by atoms with van der Waals surface area (Å²) in [7, 11) is 0. The van der Waals surface area contributed by atoms with Crippen molar-refractivity contribution < 1.29 is 19.4 Å². The molecular formula is C18H19N3O4. The molecule has 1 unspecified atom stereocenters. The van der Waals surface area contributed by atoms with Crippen molar-refractivity contribution in [3.8, 4) is 11.5 Å². The lowest BCUT2D eigenvalue weighted by molar-refractivity contribution is -0.143. The largest absolute Gasteiger partial charge is 0.479 e. The van der Waals surface area contributed by atoms with Crippen LogP contribution >= 0.6 is 0 Å². The first-order chi connectivity index (χ1) is 11.9. The molecule has 1 aliphatic heterocycles. The van der Waals surface area contributed by atoms with Crippen LogP contribution in [-0.4, -0.2) is 28.7 Å². The van der Waals surface area contributed by atoms with Gasteiger partial charge in [-0.15, -0.1) is 0 Å². The summed E-state index contributed by atoms with van der Waals surface area (Å²) in [4.78, 5) is 21.4. The van der Waals surface area contributed by atoms with Gasteiger partial charge in [0.1, 0.15) is 11.5 Å². The van der Waals surface area contributed by atoms with Gasteiger partial charge in [0.2, 0.25) is 5.91 Å². The van der Waals surface area contributed by atoms with Crippen LogP contribution in [0, 0.1) is 0 Å². The Hall–Kier alpha value is -3.35. The third-order valence-corrected chi connectivity index (χ3v) is 3.47. The summed E-state index contributed by atoms with van der Waals surface area (Å²) in [6.45, 7) is 1.60. The number of aliphatic carboxylic acids is 1. The van der Waals surface area contributed by atoms with E-state index in [9.17, 15) is 9.59 Å². The van der Waals surface area contributed by atoms with Gasteiger partial charge in [-0.25, -0.2) is 4.79 Å². The summed E-state index contributed by atoms with van der Waals surface area (Å²) >= 11 is 0. The third-order valence-electron chi connectivity index (χ3n) is 3.47. The maximum absolute atomic E-state index is 11.0. The second kappa shape index (κ2) is 7.96. The molecular weight excluding hydrogens is 322 g/mol. The highest BCUT2D eigenvalue weighted by Crippen LogP contribution is 2.21. The summed E-state index contributed by atoms with van der Waals surface area (Å²) in [5.41, 5.74) is 7.26. The first kappa shape index (κ1) is 18.0. The van der Waals surface area contributed by atoms with Gasteiger partial charge in [-0.1, -0.05) is 24.3 Å². The standard InChI is InChI=1S/C13H11NO2.C5H8N2O2/c14-13(15)10-5-4-8-12(9-10)16-11-6-2-1-3-7-11;1-5(4(8)9)2-3-6-7-5/h1-9H,(H2,14,15);3,7H,2H2,1H3,(H,8,9). The number of hydrazone groups is 1. The summed E-state index contributed by atoms with van der Waals surface area (Å²) in [6.07, 6.45) is 2.02. The minimum Gasteiger partial charge on any atom is -0.479 e. The molecule has 0 bridgehead atoms. The van der Waals surface area contributed by atoms with E-state index in [2.05, 4.69) is 10.5 Å². The Morgan fingerprint density at radius 3 is 2.36 bits per heavy atom. The lowest BCUT2D eigenvalue weighted by Gasteiger charge is -2.15. The van der Waals surface area contributed by atoms with Crippen LogP contribution in [0.3, 0.4) is 0 Å². The molecule has 3 rings (SSSR count). The Morgan fingerprint density at radius 2 is 1.84 bits per heavy atom. The smallest absolute Gasteiger partial charge is 0.331 e. The summed E-state index contributed by atoms with van der Waals surface area (Å²) in [5.74, 6) is 0.00475. The van der Waals surface area contributed by atoms with Gasteiger partial charge in [0, 0.05) is 18.2 Å². The zero-order chi connectivity index (χ0) is 18.3. The highest BCUT2D eigenvalue weighted by Gasteiger charge is 2.34. The summed E-state index contributed by atoms with van der Waals surface area (Å²) < 4.78 is 5.56. The van der Waals surface area contributed by atoms with Crippen molar-refractivity contribution in [2.24, 2.45) is 10.8 Å². The lowest BCUT2D eigenvalue weighted by Crippen LogP contribution is -2.43. The molecule has 0 saturated heterocycles. The van der Waals surface area contributed by atoms with E-state index in [0.717, 1.165) is 5.75 Å². The molecule has 7 nitrogen and oxygen atoms in total. The Labute approximate surface area is 145 Å². The number of hydrogen-bond acceptors (Lipinski definition) is 5. The first-order valence-electron chi connectivity index (χ1n) is 7.55. The summed E-state index contributed by atoms with van der Waals surface area (Å²) in [6, 6.07) is 16.1. The van der Waals surface area contributed by atoms with Crippen LogP contribution in [0.1, 0.15) is 23.7 Å². The molecule has 130 valence electrons. The molecule has 0 radical (unpaired) electrons. The Morgan fingerprint density at radius 1 is 1.16 bits per heavy atom. The maximum atomic E-state index is 11.0. The highest BCUT2D eigenvalue weighted by molar-refractivity contribution is 5.93. The van der Waals surface area contributed by atoms with E-state index in [1.54, 1.807) is 37.4 Å². The molecule has 1 heterocycles. The number of hydrogen-bond donors (Lipinski definition) is 3. The molecule has 0 spiro atoms. The average molecular weight is 341 g/mol. The van der Waals surface area contributed by atoms with E-state index < -0.39 is 17.4 Å². The number of amides is 1. The molecule has 4 N–H and O–H groups in total. The number of carbonyl (C=O) groups is 2. The van der Waals surface area contributed by atoms with Crippen LogP contribution in [0.2, 0.25) is 0 Å². The summed E-state index contributed by atoms with van der Waals surface area (Å²) in [5, 5.41) is 12.1. The van der Waals surface area contributed by atoms with Gasteiger partial charge < -0.3 is 15.6 Å². The van der Waals surface area contributed by atoms with Crippen molar-refractivity contribution in [3.63, 3.8) is 0 Å². The number of primary amides is 1. The van der Waals surface area contributed by atoms with Crippen molar-refractivity contribution in [2.75, 3.05) is 0 Å². The van der Waals surface area contributed by atoms with Crippen molar-refractivity contribution in [3.05, 3.63) is 60.2 Å². The SMILES string of the molecule is CC1(C(=O)O)CC=NN1.NC(=O)c1cccc(Oc2ccccc2)c1. The van der Waals surface area contributed by atoms with Gasteiger partial charge in [0.05, 0.1) is 0 Å². The second-order valence-electron chi connectivity index (χ2n) is 5.57. The predicted octanol–water partition coefficient (Wildman–Crippen LogP) is 2.39. The molecule has 1 amide bonds. The minimum atomic E-state index is -0.861. The number of carbonyl (C=O) groups excluding carboxylic acids is 1. The highest BCUT2D eigenvalue weighted by atomic mass is 16.5. The van der Waals surface area contributed by atoms with Crippen LogP contribution in [0.4, 0.5) is 0 Å². The van der Waals surface area contributed by atoms with Crippen molar-refractivity contribution >= 4 is 18.1 Å². The zero-order valence-corrected chi connectivity index (χ0v) is 13.7. The van der Waals surface area contributed by atoms with Crippen molar-refractivity contribution in [1.82, 2.24) is 5.43 Å². The number of nitrogens with zero attached hydrogens (tertiary/aromatic N) is 1. The Bertz CT molecular complexity index is 767. The number of carboxylic acids is 1. The number of para-hydroxylation sites is 1. The van der Waals surface area contributed by atoms with E-state index in [4.69, 9.17) is 15.6 Å². The fourth-order valence-electron chi connectivity index (χ4n) is 1.93. The third kappa shape index (κ3) is 5.07. The predicted molar refractivity (Wildman–Crippen MR) is 93.8 cm³/mol. The van der Waals surface area contributed by atoms with Gasteiger partial charge >= 0.3 is 5.97 Å². The molecule has 2 aromatic rings. The maximum Gasteiger partial charge on any atom is 0.331 e. The Kier molecular flexibility index (Phi) is 5.73. The van der Waals surface area contributed by atoms with Gasteiger partial charge in [-0.3, -0.25) is 10.2 Å². The van der Waals surface area contributed by atoms with Gasteiger partial charge in [-0.2, -0.15) is 5.10 Å². The number of carboxylic acid groups (broad SMARTS) is 1. The molecule has 0 fully saturated rings. The minimum absolute atomic E-state index is 0.438.